The third kappa shape index (κ3) is 5.94. The molecule has 17 aromatic rings. The van der Waals surface area contributed by atoms with Crippen LogP contribution < -0.4 is 0 Å². The lowest BCUT2D eigenvalue weighted by Crippen LogP contribution is -1.96. The standard InChI is InChI=1S/C72H45N5/c1-4-18-48(19-5-1)73-63-38-34-47(46-32-35-51(36-33-46)76-61-30-16-12-26-55(61)71-67(76)41-40-65-69(71)53-24-10-14-28-59(53)74(65)49-20-6-2-7-21-49)44-57(63)58-45-52(37-39-64(58)73)77-62-31-17-13-27-56(62)72-68(77)43-42-66-70(72)54-25-11-15-29-60(54)75(66)50-22-8-3-9-23-50/h1-45H. The molecule has 0 bridgehead atoms. The molecule has 5 heteroatoms. The maximum atomic E-state index is 2.48. The molecule has 0 fully saturated rings. The van der Waals surface area contributed by atoms with E-state index >= 15 is 0 Å². The SMILES string of the molecule is c1ccc(-n2c3ccc(-c4ccc(-n5c6ccccc6c6c7c8ccccc8n(-c8ccccc8)c7ccc65)cc4)cc3c3cc(-n4c5ccccc5c5c6c7ccccc7n(-c7ccccc7)c6ccc54)ccc32)cc1. The fourth-order valence-electron chi connectivity index (χ4n) is 13.3. The number of para-hydroxylation sites is 7. The number of hydrogen-bond donors (Lipinski definition) is 0. The molecule has 0 atom stereocenters. The van der Waals surface area contributed by atoms with Gasteiger partial charge in [0.1, 0.15) is 0 Å². The van der Waals surface area contributed by atoms with Crippen LogP contribution in [-0.4, -0.2) is 22.8 Å². The number of rotatable bonds is 6. The molecule has 0 saturated heterocycles. The van der Waals surface area contributed by atoms with E-state index in [2.05, 4.69) is 296 Å². The first-order valence-corrected chi connectivity index (χ1v) is 26.5. The first kappa shape index (κ1) is 42.0. The first-order chi connectivity index (χ1) is 38.2. The van der Waals surface area contributed by atoms with Crippen molar-refractivity contribution < 1.29 is 0 Å². The highest BCUT2D eigenvalue weighted by Gasteiger charge is 2.24. The van der Waals surface area contributed by atoms with Crippen molar-refractivity contribution in [3.8, 4) is 39.6 Å². The highest BCUT2D eigenvalue weighted by Crippen LogP contribution is 2.45. The van der Waals surface area contributed by atoms with E-state index in [0.717, 1.165) is 28.4 Å². The molecule has 77 heavy (non-hydrogen) atoms. The molecule has 5 aromatic heterocycles. The van der Waals surface area contributed by atoms with Gasteiger partial charge in [0.25, 0.3) is 0 Å². The van der Waals surface area contributed by atoms with Crippen molar-refractivity contribution in [1.29, 1.82) is 0 Å². The molecular weight excluding hydrogens is 935 g/mol. The van der Waals surface area contributed by atoms with Crippen LogP contribution in [0.1, 0.15) is 0 Å². The molecule has 0 radical (unpaired) electrons. The molecule has 0 aliphatic carbocycles. The van der Waals surface area contributed by atoms with Gasteiger partial charge in [-0.15, -0.1) is 0 Å². The summed E-state index contributed by atoms with van der Waals surface area (Å²) in [5.41, 5.74) is 20.0. The Morgan fingerprint density at radius 3 is 0.818 bits per heavy atom. The lowest BCUT2D eigenvalue weighted by Gasteiger charge is -2.11. The maximum absolute atomic E-state index is 2.48. The van der Waals surface area contributed by atoms with Crippen molar-refractivity contribution in [3.05, 3.63) is 273 Å². The van der Waals surface area contributed by atoms with Crippen molar-refractivity contribution >= 4 is 109 Å². The van der Waals surface area contributed by atoms with Gasteiger partial charge in [-0.2, -0.15) is 0 Å². The second-order valence-electron chi connectivity index (χ2n) is 20.4. The average molecular weight is 980 g/mol. The first-order valence-electron chi connectivity index (χ1n) is 26.5. The van der Waals surface area contributed by atoms with Gasteiger partial charge in [-0.05, 0) is 139 Å². The van der Waals surface area contributed by atoms with Gasteiger partial charge in [-0.3, -0.25) is 0 Å². The van der Waals surface area contributed by atoms with E-state index in [1.807, 2.05) is 0 Å². The second kappa shape index (κ2) is 16.1. The third-order valence-corrected chi connectivity index (χ3v) is 16.5. The topological polar surface area (TPSA) is 24.6 Å². The number of benzene rings is 12. The van der Waals surface area contributed by atoms with E-state index in [4.69, 9.17) is 0 Å². The largest absolute Gasteiger partial charge is 0.309 e. The monoisotopic (exact) mass is 979 g/mol. The van der Waals surface area contributed by atoms with Gasteiger partial charge in [-0.25, -0.2) is 0 Å². The van der Waals surface area contributed by atoms with Crippen molar-refractivity contribution in [2.24, 2.45) is 0 Å². The highest BCUT2D eigenvalue weighted by molar-refractivity contribution is 6.30. The molecule has 0 saturated carbocycles. The Kier molecular flexibility index (Phi) is 8.77. The van der Waals surface area contributed by atoms with E-state index < -0.39 is 0 Å². The lowest BCUT2D eigenvalue weighted by molar-refractivity contribution is 1.16. The second-order valence-corrected chi connectivity index (χ2v) is 20.4. The molecular formula is C72H45N5. The van der Waals surface area contributed by atoms with Crippen LogP contribution in [0.25, 0.3) is 149 Å². The molecule has 0 spiro atoms. The Labute approximate surface area is 442 Å². The summed E-state index contributed by atoms with van der Waals surface area (Å²) in [6.45, 7) is 0. The molecule has 358 valence electrons. The molecule has 0 unspecified atom stereocenters. The molecule has 5 nitrogen and oxygen atoms in total. The fourth-order valence-corrected chi connectivity index (χ4v) is 13.3. The Bertz CT molecular complexity index is 5240. The fraction of sp³-hybridized carbons (Fsp3) is 0. The van der Waals surface area contributed by atoms with E-state index in [9.17, 15) is 0 Å². The summed E-state index contributed by atoms with van der Waals surface area (Å²) in [5.74, 6) is 0. The van der Waals surface area contributed by atoms with Gasteiger partial charge in [0.15, 0.2) is 0 Å². The minimum absolute atomic E-state index is 1.13. The van der Waals surface area contributed by atoms with Gasteiger partial charge < -0.3 is 22.8 Å². The van der Waals surface area contributed by atoms with Gasteiger partial charge in [0.2, 0.25) is 0 Å². The Morgan fingerprint density at radius 2 is 0.416 bits per heavy atom. The van der Waals surface area contributed by atoms with E-state index in [1.165, 1.54) is 120 Å². The average Bonchev–Trinajstić information content (AvgIpc) is 4.49. The molecule has 0 amide bonds. The summed E-state index contributed by atoms with van der Waals surface area (Å²) in [6, 6.07) is 100. The van der Waals surface area contributed by atoms with Crippen molar-refractivity contribution in [3.63, 3.8) is 0 Å². The summed E-state index contributed by atoms with van der Waals surface area (Å²) < 4.78 is 12.2. The molecule has 0 aliphatic heterocycles. The zero-order valence-corrected chi connectivity index (χ0v) is 41.7. The van der Waals surface area contributed by atoms with Crippen LogP contribution in [0.2, 0.25) is 0 Å². The van der Waals surface area contributed by atoms with Crippen molar-refractivity contribution in [2.75, 3.05) is 0 Å². The van der Waals surface area contributed by atoms with Crippen molar-refractivity contribution in [1.82, 2.24) is 22.8 Å². The zero-order chi connectivity index (χ0) is 50.3. The van der Waals surface area contributed by atoms with Gasteiger partial charge >= 0.3 is 0 Å². The number of nitrogens with zero attached hydrogens (tertiary/aromatic N) is 5. The minimum Gasteiger partial charge on any atom is -0.309 e. The Balaban J connectivity index is 0.839. The summed E-state index contributed by atoms with van der Waals surface area (Å²) >= 11 is 0. The van der Waals surface area contributed by atoms with Crippen LogP contribution in [-0.2, 0) is 0 Å². The summed E-state index contributed by atoms with van der Waals surface area (Å²) in [6.07, 6.45) is 0. The smallest absolute Gasteiger partial charge is 0.0548 e. The third-order valence-electron chi connectivity index (χ3n) is 16.5. The predicted octanol–water partition coefficient (Wildman–Crippen LogP) is 18.8. The lowest BCUT2D eigenvalue weighted by atomic mass is 10.0. The quantitative estimate of drug-likeness (QED) is 0.159. The van der Waals surface area contributed by atoms with E-state index in [0.29, 0.717) is 0 Å². The molecule has 17 rings (SSSR count). The minimum atomic E-state index is 1.13. The molecule has 0 N–H and O–H groups in total. The van der Waals surface area contributed by atoms with Crippen LogP contribution in [0.5, 0.6) is 0 Å². The van der Waals surface area contributed by atoms with Crippen LogP contribution in [0, 0.1) is 0 Å². The molecule has 12 aromatic carbocycles. The van der Waals surface area contributed by atoms with Crippen LogP contribution in [0.3, 0.4) is 0 Å². The number of hydrogen-bond acceptors (Lipinski definition) is 0. The Hall–Kier alpha value is -10.4. The van der Waals surface area contributed by atoms with E-state index in [-0.39, 0.29) is 0 Å². The van der Waals surface area contributed by atoms with E-state index in [1.54, 1.807) is 0 Å². The molecule has 0 aliphatic rings. The molecule has 5 heterocycles. The van der Waals surface area contributed by atoms with Crippen LogP contribution in [0.15, 0.2) is 273 Å². The van der Waals surface area contributed by atoms with Gasteiger partial charge in [0.05, 0.1) is 55.2 Å². The van der Waals surface area contributed by atoms with Gasteiger partial charge in [-0.1, -0.05) is 146 Å². The predicted molar refractivity (Wildman–Crippen MR) is 324 cm³/mol. The summed E-state index contributed by atoms with van der Waals surface area (Å²) in [5, 5.41) is 12.5. The highest BCUT2D eigenvalue weighted by atomic mass is 15.0. The maximum Gasteiger partial charge on any atom is 0.0548 e. The van der Waals surface area contributed by atoms with Crippen LogP contribution >= 0.6 is 0 Å². The van der Waals surface area contributed by atoms with Gasteiger partial charge in [0, 0.05) is 82.3 Å². The number of aromatic nitrogens is 5. The summed E-state index contributed by atoms with van der Waals surface area (Å²) in [4.78, 5) is 0. The normalized spacial score (nSPS) is 12.2. The zero-order valence-electron chi connectivity index (χ0n) is 41.7. The van der Waals surface area contributed by atoms with Crippen molar-refractivity contribution in [2.45, 2.75) is 0 Å². The summed E-state index contributed by atoms with van der Waals surface area (Å²) in [7, 11) is 0. The number of fused-ring (bicyclic) bond motifs is 17. The van der Waals surface area contributed by atoms with Crippen LogP contribution in [0.4, 0.5) is 0 Å². The Morgan fingerprint density at radius 1 is 0.156 bits per heavy atom.